The highest BCUT2D eigenvalue weighted by Crippen LogP contribution is 2.31. The molecule has 1 N–H and O–H groups in total. The largest absolute Gasteiger partial charge is 0.491 e. The van der Waals surface area contributed by atoms with E-state index in [2.05, 4.69) is 57.9 Å². The molecule has 3 aromatic rings. The van der Waals surface area contributed by atoms with Crippen LogP contribution in [0.25, 0.3) is 11.3 Å². The fourth-order valence-corrected chi connectivity index (χ4v) is 4.41. The van der Waals surface area contributed by atoms with Crippen LogP contribution in [0.5, 0.6) is 5.75 Å². The van der Waals surface area contributed by atoms with Gasteiger partial charge in [-0.15, -0.1) is 0 Å². The summed E-state index contributed by atoms with van der Waals surface area (Å²) < 4.78 is 5.77. The van der Waals surface area contributed by atoms with Crippen molar-refractivity contribution in [1.82, 2.24) is 25.1 Å². The SMILES string of the molecule is Cc1n[nH]c(C)c1C(C)N1CCN(c2nccnc2-c2ccc(OC(C)C)cc2)CC1. The molecule has 0 amide bonds. The number of aryl methyl sites for hydroxylation is 2. The van der Waals surface area contributed by atoms with Gasteiger partial charge in [-0.2, -0.15) is 5.10 Å². The summed E-state index contributed by atoms with van der Waals surface area (Å²) in [6.45, 7) is 14.3. The first-order chi connectivity index (χ1) is 14.9. The highest BCUT2D eigenvalue weighted by atomic mass is 16.5. The van der Waals surface area contributed by atoms with E-state index >= 15 is 0 Å². The van der Waals surface area contributed by atoms with Gasteiger partial charge in [0.1, 0.15) is 11.4 Å². The lowest BCUT2D eigenvalue weighted by molar-refractivity contribution is 0.197. The Morgan fingerprint density at radius 2 is 1.61 bits per heavy atom. The average Bonchev–Trinajstić information content (AvgIpc) is 3.11. The highest BCUT2D eigenvalue weighted by molar-refractivity contribution is 5.72. The number of aromatic amines is 1. The predicted molar refractivity (Wildman–Crippen MR) is 123 cm³/mol. The normalized spacial score (nSPS) is 16.0. The van der Waals surface area contributed by atoms with Crippen LogP contribution >= 0.6 is 0 Å². The molecule has 1 aliphatic heterocycles. The van der Waals surface area contributed by atoms with Crippen LogP contribution in [0.3, 0.4) is 0 Å². The van der Waals surface area contributed by atoms with Crippen molar-refractivity contribution < 1.29 is 4.74 Å². The molecule has 0 aliphatic carbocycles. The zero-order valence-electron chi connectivity index (χ0n) is 19.1. The van der Waals surface area contributed by atoms with Crippen molar-refractivity contribution in [3.05, 3.63) is 53.6 Å². The smallest absolute Gasteiger partial charge is 0.155 e. The minimum Gasteiger partial charge on any atom is -0.491 e. The first-order valence-electron chi connectivity index (χ1n) is 11.0. The number of benzene rings is 1. The molecule has 31 heavy (non-hydrogen) atoms. The maximum absolute atomic E-state index is 5.77. The molecule has 1 saturated heterocycles. The van der Waals surface area contributed by atoms with E-state index in [4.69, 9.17) is 9.72 Å². The van der Waals surface area contributed by atoms with Crippen LogP contribution in [0, 0.1) is 13.8 Å². The lowest BCUT2D eigenvalue weighted by atomic mass is 10.0. The van der Waals surface area contributed by atoms with Gasteiger partial charge in [0.05, 0.1) is 11.8 Å². The minimum absolute atomic E-state index is 0.159. The molecule has 2 aromatic heterocycles. The second-order valence-corrected chi connectivity index (χ2v) is 8.47. The first kappa shape index (κ1) is 21.3. The van der Waals surface area contributed by atoms with Crippen LogP contribution in [-0.4, -0.2) is 57.3 Å². The Labute approximate surface area is 184 Å². The first-order valence-corrected chi connectivity index (χ1v) is 11.0. The van der Waals surface area contributed by atoms with Crippen molar-refractivity contribution in [2.75, 3.05) is 31.1 Å². The third-order valence-electron chi connectivity index (χ3n) is 5.94. The van der Waals surface area contributed by atoms with Gasteiger partial charge in [0.2, 0.25) is 0 Å². The Bertz CT molecular complexity index is 986. The van der Waals surface area contributed by atoms with E-state index in [9.17, 15) is 0 Å². The van der Waals surface area contributed by atoms with E-state index in [0.29, 0.717) is 6.04 Å². The molecule has 1 fully saturated rings. The molecule has 0 saturated carbocycles. The third kappa shape index (κ3) is 4.56. The molecule has 0 bridgehead atoms. The molecule has 0 spiro atoms. The third-order valence-corrected chi connectivity index (χ3v) is 5.94. The maximum Gasteiger partial charge on any atom is 0.155 e. The van der Waals surface area contributed by atoms with Crippen molar-refractivity contribution in [3.8, 4) is 17.0 Å². The summed E-state index contributed by atoms with van der Waals surface area (Å²) in [4.78, 5) is 14.2. The van der Waals surface area contributed by atoms with Crippen LogP contribution in [-0.2, 0) is 0 Å². The second kappa shape index (κ2) is 9.06. The lowest BCUT2D eigenvalue weighted by Crippen LogP contribution is -2.47. The van der Waals surface area contributed by atoms with Crippen LogP contribution in [0.1, 0.15) is 43.8 Å². The van der Waals surface area contributed by atoms with Gasteiger partial charge < -0.3 is 9.64 Å². The molecule has 3 heterocycles. The van der Waals surface area contributed by atoms with Crippen molar-refractivity contribution in [2.24, 2.45) is 0 Å². The van der Waals surface area contributed by atoms with E-state index in [-0.39, 0.29) is 6.10 Å². The summed E-state index contributed by atoms with van der Waals surface area (Å²) in [5, 5.41) is 7.49. The van der Waals surface area contributed by atoms with E-state index in [0.717, 1.165) is 60.4 Å². The number of aromatic nitrogens is 4. The molecule has 1 unspecified atom stereocenters. The lowest BCUT2D eigenvalue weighted by Gasteiger charge is -2.39. The Morgan fingerprint density at radius 3 is 2.23 bits per heavy atom. The quantitative estimate of drug-likeness (QED) is 0.646. The predicted octanol–water partition coefficient (Wildman–Crippen LogP) is 4.15. The zero-order chi connectivity index (χ0) is 22.0. The van der Waals surface area contributed by atoms with Crippen molar-refractivity contribution in [3.63, 3.8) is 0 Å². The highest BCUT2D eigenvalue weighted by Gasteiger charge is 2.27. The molecule has 7 nitrogen and oxygen atoms in total. The van der Waals surface area contributed by atoms with Gasteiger partial charge in [-0.25, -0.2) is 4.98 Å². The number of anilines is 1. The van der Waals surface area contributed by atoms with Gasteiger partial charge in [0.15, 0.2) is 5.82 Å². The Hall–Kier alpha value is -2.93. The standard InChI is InChI=1S/C24H32N6O/c1-16(2)31-21-8-6-20(7-9-21)23-24(26-11-10-25-23)30-14-12-29(13-15-30)19(5)22-17(3)27-28-18(22)4/h6-11,16,19H,12-15H2,1-5H3,(H,27,28). The number of nitrogens with zero attached hydrogens (tertiary/aromatic N) is 5. The summed E-state index contributed by atoms with van der Waals surface area (Å²) in [5.74, 6) is 1.82. The monoisotopic (exact) mass is 420 g/mol. The van der Waals surface area contributed by atoms with Gasteiger partial charge in [-0.1, -0.05) is 0 Å². The van der Waals surface area contributed by atoms with E-state index in [1.807, 2.05) is 26.0 Å². The minimum atomic E-state index is 0.159. The number of nitrogens with one attached hydrogen (secondary N) is 1. The summed E-state index contributed by atoms with van der Waals surface area (Å²) in [6.07, 6.45) is 3.70. The molecule has 0 radical (unpaired) electrons. The van der Waals surface area contributed by atoms with Crippen molar-refractivity contribution in [1.29, 1.82) is 0 Å². The van der Waals surface area contributed by atoms with Gasteiger partial charge in [0, 0.05) is 61.4 Å². The fourth-order valence-electron chi connectivity index (χ4n) is 4.41. The number of hydrogen-bond acceptors (Lipinski definition) is 6. The Balaban J connectivity index is 1.48. The topological polar surface area (TPSA) is 70.2 Å². The van der Waals surface area contributed by atoms with Gasteiger partial charge in [-0.3, -0.25) is 15.0 Å². The molecule has 1 aliphatic rings. The average molecular weight is 421 g/mol. The van der Waals surface area contributed by atoms with Crippen LogP contribution in [0.4, 0.5) is 5.82 Å². The summed E-state index contributed by atoms with van der Waals surface area (Å²) in [6, 6.07) is 8.48. The van der Waals surface area contributed by atoms with Crippen LogP contribution in [0.2, 0.25) is 0 Å². The molecule has 7 heteroatoms. The maximum atomic E-state index is 5.77. The van der Waals surface area contributed by atoms with Crippen molar-refractivity contribution in [2.45, 2.75) is 46.8 Å². The Kier molecular flexibility index (Phi) is 6.23. The Morgan fingerprint density at radius 1 is 0.935 bits per heavy atom. The molecular formula is C24H32N6O. The van der Waals surface area contributed by atoms with E-state index in [1.165, 1.54) is 5.56 Å². The van der Waals surface area contributed by atoms with Gasteiger partial charge in [0.25, 0.3) is 0 Å². The van der Waals surface area contributed by atoms with Crippen molar-refractivity contribution >= 4 is 5.82 Å². The van der Waals surface area contributed by atoms with E-state index < -0.39 is 0 Å². The van der Waals surface area contributed by atoms with Gasteiger partial charge >= 0.3 is 0 Å². The molecular weight excluding hydrogens is 388 g/mol. The summed E-state index contributed by atoms with van der Waals surface area (Å²) in [7, 11) is 0. The number of hydrogen-bond donors (Lipinski definition) is 1. The summed E-state index contributed by atoms with van der Waals surface area (Å²) >= 11 is 0. The fraction of sp³-hybridized carbons (Fsp3) is 0.458. The van der Waals surface area contributed by atoms with E-state index in [1.54, 1.807) is 12.4 Å². The number of ether oxygens (including phenoxy) is 1. The number of H-pyrrole nitrogens is 1. The molecule has 4 rings (SSSR count). The number of rotatable bonds is 6. The second-order valence-electron chi connectivity index (χ2n) is 8.47. The van der Waals surface area contributed by atoms with Gasteiger partial charge in [-0.05, 0) is 58.9 Å². The molecule has 164 valence electrons. The van der Waals surface area contributed by atoms with Crippen LogP contribution in [0.15, 0.2) is 36.7 Å². The van der Waals surface area contributed by atoms with Crippen LogP contribution < -0.4 is 9.64 Å². The zero-order valence-corrected chi connectivity index (χ0v) is 19.1. The molecule has 1 aromatic carbocycles. The number of piperazine rings is 1. The summed E-state index contributed by atoms with van der Waals surface area (Å²) in [5.41, 5.74) is 5.54. The molecule has 1 atom stereocenters.